The summed E-state index contributed by atoms with van der Waals surface area (Å²) < 4.78 is 0. The minimum atomic E-state index is 0.536. The fraction of sp³-hybridized carbons (Fsp3) is 0.333. The van der Waals surface area contributed by atoms with Crippen molar-refractivity contribution in [2.45, 2.75) is 18.9 Å². The van der Waals surface area contributed by atoms with Gasteiger partial charge in [-0.05, 0) is 29.2 Å². The molecule has 0 aromatic carbocycles. The molecule has 2 aliphatic heterocycles. The molecule has 2 nitrogen and oxygen atoms in total. The molecule has 3 aliphatic rings. The van der Waals surface area contributed by atoms with Crippen molar-refractivity contribution in [3.63, 3.8) is 0 Å². The van der Waals surface area contributed by atoms with Gasteiger partial charge in [-0.15, -0.1) is 11.8 Å². The van der Waals surface area contributed by atoms with E-state index in [0.29, 0.717) is 6.04 Å². The number of nitrogens with zero attached hydrogens (tertiary/aromatic N) is 1. The standard InChI is InChI=1S/C12H14N2S/c1-2-4-12-10(3-1)7-13-8-11-9-15-6-5-14(11)12/h1,3,5-7,9,12-13H,2,4,8H2. The van der Waals surface area contributed by atoms with Crippen LogP contribution in [0.4, 0.5) is 0 Å². The van der Waals surface area contributed by atoms with Gasteiger partial charge in [0.1, 0.15) is 0 Å². The zero-order valence-corrected chi connectivity index (χ0v) is 9.33. The monoisotopic (exact) mass is 218 g/mol. The van der Waals surface area contributed by atoms with Gasteiger partial charge in [-0.2, -0.15) is 0 Å². The number of allylic oxidation sites excluding steroid dienone is 1. The van der Waals surface area contributed by atoms with Crippen molar-refractivity contribution in [1.29, 1.82) is 0 Å². The summed E-state index contributed by atoms with van der Waals surface area (Å²) in [6.07, 6.45) is 11.3. The van der Waals surface area contributed by atoms with Crippen LogP contribution < -0.4 is 5.32 Å². The molecule has 0 radical (unpaired) electrons. The van der Waals surface area contributed by atoms with Crippen molar-refractivity contribution >= 4 is 11.8 Å². The summed E-state index contributed by atoms with van der Waals surface area (Å²) in [5.41, 5.74) is 2.79. The Labute approximate surface area is 94.4 Å². The number of rotatable bonds is 0. The Morgan fingerprint density at radius 1 is 1.47 bits per heavy atom. The number of thioether (sulfide) groups is 1. The summed E-state index contributed by atoms with van der Waals surface area (Å²) in [7, 11) is 0. The minimum absolute atomic E-state index is 0.536. The SMILES string of the molecule is C1=CC2=CNCC3=CSC=CN3C2CC1. The maximum Gasteiger partial charge on any atom is 0.0600 e. The highest BCUT2D eigenvalue weighted by Gasteiger charge is 2.26. The fourth-order valence-electron chi connectivity index (χ4n) is 2.28. The minimum Gasteiger partial charge on any atom is -0.385 e. The summed E-state index contributed by atoms with van der Waals surface area (Å²) in [4.78, 5) is 2.41. The molecule has 1 N–H and O–H groups in total. The molecule has 1 unspecified atom stereocenters. The van der Waals surface area contributed by atoms with Crippen molar-refractivity contribution in [2.24, 2.45) is 0 Å². The first-order chi connectivity index (χ1) is 7.45. The normalized spacial score (nSPS) is 28.3. The molecule has 1 atom stereocenters. The molecule has 2 heterocycles. The molecule has 0 aromatic heterocycles. The topological polar surface area (TPSA) is 15.3 Å². The summed E-state index contributed by atoms with van der Waals surface area (Å²) >= 11 is 1.76. The zero-order chi connectivity index (χ0) is 10.1. The van der Waals surface area contributed by atoms with Crippen molar-refractivity contribution in [2.75, 3.05) is 6.54 Å². The van der Waals surface area contributed by atoms with Crippen LogP contribution in [0.25, 0.3) is 0 Å². The van der Waals surface area contributed by atoms with Gasteiger partial charge in [0.05, 0.1) is 12.6 Å². The van der Waals surface area contributed by atoms with Crippen molar-refractivity contribution in [3.05, 3.63) is 46.6 Å². The largest absolute Gasteiger partial charge is 0.385 e. The first kappa shape index (κ1) is 9.16. The molecule has 0 fully saturated rings. The van der Waals surface area contributed by atoms with Crippen molar-refractivity contribution in [1.82, 2.24) is 10.2 Å². The van der Waals surface area contributed by atoms with E-state index in [-0.39, 0.29) is 0 Å². The Bertz CT molecular complexity index is 379. The van der Waals surface area contributed by atoms with E-state index in [1.807, 2.05) is 0 Å². The van der Waals surface area contributed by atoms with E-state index in [9.17, 15) is 0 Å². The smallest absolute Gasteiger partial charge is 0.0600 e. The Morgan fingerprint density at radius 3 is 3.47 bits per heavy atom. The molecule has 0 aromatic rings. The maximum absolute atomic E-state index is 3.38. The Balaban J connectivity index is 1.97. The molecular weight excluding hydrogens is 204 g/mol. The maximum atomic E-state index is 3.38. The van der Waals surface area contributed by atoms with E-state index in [0.717, 1.165) is 6.54 Å². The van der Waals surface area contributed by atoms with E-state index in [1.165, 1.54) is 24.1 Å². The molecule has 15 heavy (non-hydrogen) atoms. The molecule has 0 saturated heterocycles. The number of hydrogen-bond donors (Lipinski definition) is 1. The van der Waals surface area contributed by atoms with Crippen LogP contribution in [0, 0.1) is 0 Å². The summed E-state index contributed by atoms with van der Waals surface area (Å²) in [5.74, 6) is 0. The Hall–Kier alpha value is -1.09. The first-order valence-corrected chi connectivity index (χ1v) is 6.29. The predicted molar refractivity (Wildman–Crippen MR) is 64.9 cm³/mol. The highest BCUT2D eigenvalue weighted by atomic mass is 32.2. The van der Waals surface area contributed by atoms with E-state index in [2.05, 4.69) is 45.6 Å². The van der Waals surface area contributed by atoms with Crippen LogP contribution in [-0.4, -0.2) is 17.5 Å². The highest BCUT2D eigenvalue weighted by Crippen LogP contribution is 2.31. The van der Waals surface area contributed by atoms with E-state index in [1.54, 1.807) is 11.8 Å². The zero-order valence-electron chi connectivity index (χ0n) is 8.52. The van der Waals surface area contributed by atoms with Gasteiger partial charge < -0.3 is 10.2 Å². The van der Waals surface area contributed by atoms with Gasteiger partial charge in [-0.3, -0.25) is 0 Å². The fourth-order valence-corrected chi connectivity index (χ4v) is 2.92. The number of hydrogen-bond acceptors (Lipinski definition) is 3. The molecule has 78 valence electrons. The molecular formula is C12H14N2S. The lowest BCUT2D eigenvalue weighted by atomic mass is 9.95. The lowest BCUT2D eigenvalue weighted by Crippen LogP contribution is -2.33. The molecule has 3 heteroatoms. The molecule has 3 rings (SSSR count). The van der Waals surface area contributed by atoms with Crippen LogP contribution >= 0.6 is 11.8 Å². The number of nitrogens with one attached hydrogen (secondary N) is 1. The van der Waals surface area contributed by atoms with Crippen LogP contribution in [0.2, 0.25) is 0 Å². The summed E-state index contributed by atoms with van der Waals surface area (Å²) in [6.45, 7) is 0.936. The Kier molecular flexibility index (Phi) is 2.33. The van der Waals surface area contributed by atoms with E-state index >= 15 is 0 Å². The van der Waals surface area contributed by atoms with Crippen LogP contribution in [0.15, 0.2) is 46.6 Å². The average molecular weight is 218 g/mol. The molecule has 0 bridgehead atoms. The lowest BCUT2D eigenvalue weighted by molar-refractivity contribution is 0.361. The quantitative estimate of drug-likeness (QED) is 0.672. The average Bonchev–Trinajstić information content (AvgIpc) is 2.48. The lowest BCUT2D eigenvalue weighted by Gasteiger charge is -2.34. The van der Waals surface area contributed by atoms with Crippen LogP contribution in [0.3, 0.4) is 0 Å². The third kappa shape index (κ3) is 1.61. The van der Waals surface area contributed by atoms with Gasteiger partial charge in [-0.25, -0.2) is 0 Å². The van der Waals surface area contributed by atoms with Crippen LogP contribution in [0.1, 0.15) is 12.8 Å². The predicted octanol–water partition coefficient (Wildman–Crippen LogP) is 2.55. The second-order valence-electron chi connectivity index (χ2n) is 3.96. The third-order valence-corrected chi connectivity index (χ3v) is 3.71. The van der Waals surface area contributed by atoms with E-state index < -0.39 is 0 Å². The van der Waals surface area contributed by atoms with Gasteiger partial charge in [0.15, 0.2) is 0 Å². The van der Waals surface area contributed by atoms with Crippen LogP contribution in [-0.2, 0) is 0 Å². The molecule has 0 amide bonds. The molecule has 0 spiro atoms. The summed E-state index contributed by atoms with van der Waals surface area (Å²) in [6, 6.07) is 0.536. The van der Waals surface area contributed by atoms with Gasteiger partial charge in [0.2, 0.25) is 0 Å². The Morgan fingerprint density at radius 2 is 2.47 bits per heavy atom. The van der Waals surface area contributed by atoms with Gasteiger partial charge in [0, 0.05) is 18.1 Å². The number of fused-ring (bicyclic) bond motifs is 3. The van der Waals surface area contributed by atoms with E-state index in [4.69, 9.17) is 0 Å². The summed E-state index contributed by atoms with van der Waals surface area (Å²) in [5, 5.41) is 7.77. The second kappa shape index (κ2) is 3.81. The van der Waals surface area contributed by atoms with Gasteiger partial charge in [-0.1, -0.05) is 12.2 Å². The van der Waals surface area contributed by atoms with Crippen molar-refractivity contribution < 1.29 is 0 Å². The van der Waals surface area contributed by atoms with Crippen molar-refractivity contribution in [3.8, 4) is 0 Å². The van der Waals surface area contributed by atoms with Gasteiger partial charge >= 0.3 is 0 Å². The third-order valence-electron chi connectivity index (χ3n) is 3.03. The first-order valence-electron chi connectivity index (χ1n) is 5.35. The van der Waals surface area contributed by atoms with Gasteiger partial charge in [0.25, 0.3) is 0 Å². The van der Waals surface area contributed by atoms with Crippen LogP contribution in [0.5, 0.6) is 0 Å². The second-order valence-corrected chi connectivity index (χ2v) is 4.74. The molecule has 1 aliphatic carbocycles. The molecule has 0 saturated carbocycles. The highest BCUT2D eigenvalue weighted by molar-refractivity contribution is 8.04.